The first-order valence-electron chi connectivity index (χ1n) is 8.42. The fraction of sp³-hybridized carbons (Fsp3) is 0.500. The molecule has 1 aromatic heterocycles. The predicted octanol–water partition coefficient (Wildman–Crippen LogP) is 2.81. The van der Waals surface area contributed by atoms with Crippen LogP contribution in [0.2, 0.25) is 0 Å². The first-order chi connectivity index (χ1) is 12.3. The number of aromatic nitrogens is 2. The van der Waals surface area contributed by atoms with Gasteiger partial charge in [-0.15, -0.1) is 0 Å². The number of hydrogen-bond acceptors (Lipinski definition) is 7. The zero-order valence-electron chi connectivity index (χ0n) is 14.3. The first kappa shape index (κ1) is 18.5. The maximum atomic E-state index is 12.9. The van der Waals surface area contributed by atoms with E-state index in [0.29, 0.717) is 24.6 Å². The highest BCUT2D eigenvalue weighted by Gasteiger charge is 2.41. The first-order valence-corrected chi connectivity index (χ1v) is 9.90. The van der Waals surface area contributed by atoms with Gasteiger partial charge in [-0.1, -0.05) is 30.8 Å². The summed E-state index contributed by atoms with van der Waals surface area (Å²) in [6.45, 7) is 1.66. The van der Waals surface area contributed by atoms with E-state index in [1.807, 2.05) is 0 Å². The molecule has 0 radical (unpaired) electrons. The second-order valence-corrected chi connectivity index (χ2v) is 8.17. The van der Waals surface area contributed by atoms with Crippen LogP contribution in [0.4, 0.5) is 5.69 Å². The minimum Gasteiger partial charge on any atom is -0.340 e. The van der Waals surface area contributed by atoms with Crippen LogP contribution in [0.15, 0.2) is 33.7 Å². The molecule has 140 valence electrons. The molecule has 0 unspecified atom stereocenters. The Morgan fingerprint density at radius 2 is 1.77 bits per heavy atom. The zero-order valence-corrected chi connectivity index (χ0v) is 15.2. The summed E-state index contributed by atoms with van der Waals surface area (Å²) in [4.78, 5) is 14.4. The third-order valence-corrected chi connectivity index (χ3v) is 6.15. The molecule has 1 aromatic carbocycles. The van der Waals surface area contributed by atoms with E-state index in [9.17, 15) is 18.5 Å². The molecule has 1 aliphatic carbocycles. The van der Waals surface area contributed by atoms with Crippen LogP contribution >= 0.6 is 0 Å². The van der Waals surface area contributed by atoms with Crippen molar-refractivity contribution < 1.29 is 17.9 Å². The number of benzene rings is 1. The number of nitro groups is 1. The van der Waals surface area contributed by atoms with E-state index in [-0.39, 0.29) is 10.6 Å². The number of nitro benzene ring substituents is 1. The molecule has 1 heterocycles. The van der Waals surface area contributed by atoms with Gasteiger partial charge in [0.2, 0.25) is 15.9 Å². The molecule has 0 amide bonds. The molecule has 1 fully saturated rings. The molecule has 10 heteroatoms. The summed E-state index contributed by atoms with van der Waals surface area (Å²) in [7, 11) is -3.91. The average Bonchev–Trinajstić information content (AvgIpc) is 2.91. The molecular weight excluding hydrogens is 360 g/mol. The van der Waals surface area contributed by atoms with Crippen LogP contribution in [0.1, 0.15) is 50.2 Å². The average molecular weight is 380 g/mol. The summed E-state index contributed by atoms with van der Waals surface area (Å²) in [5, 5.41) is 14.7. The van der Waals surface area contributed by atoms with Gasteiger partial charge in [-0.05, 0) is 25.0 Å². The van der Waals surface area contributed by atoms with Crippen molar-refractivity contribution in [2.45, 2.75) is 55.9 Å². The Hall–Kier alpha value is -2.33. The summed E-state index contributed by atoms with van der Waals surface area (Å²) in [5.41, 5.74) is -1.10. The Labute approximate surface area is 151 Å². The van der Waals surface area contributed by atoms with E-state index in [2.05, 4.69) is 14.9 Å². The normalized spacial score (nSPS) is 17.6. The molecule has 0 saturated heterocycles. The quantitative estimate of drug-likeness (QED) is 0.480. The summed E-state index contributed by atoms with van der Waals surface area (Å²) in [6, 6.07) is 4.80. The van der Waals surface area contributed by atoms with Crippen LogP contribution in [0.25, 0.3) is 0 Å². The number of sulfonamides is 1. The van der Waals surface area contributed by atoms with Crippen molar-refractivity contribution in [1.82, 2.24) is 14.9 Å². The standard InChI is InChI=1S/C16H20N4O5S/c1-12-17-15(18-25-12)16(10-4-2-3-5-11-16)19-26(23,24)14-8-6-13(7-9-14)20(21)22/h6-9,19H,2-5,10-11H2,1H3. The van der Waals surface area contributed by atoms with Gasteiger partial charge in [-0.2, -0.15) is 9.71 Å². The van der Waals surface area contributed by atoms with E-state index in [0.717, 1.165) is 25.7 Å². The van der Waals surface area contributed by atoms with E-state index in [1.165, 1.54) is 24.3 Å². The molecule has 1 N–H and O–H groups in total. The van der Waals surface area contributed by atoms with Gasteiger partial charge in [-0.25, -0.2) is 8.42 Å². The van der Waals surface area contributed by atoms with Crippen LogP contribution in [0.5, 0.6) is 0 Å². The zero-order chi connectivity index (χ0) is 18.8. The fourth-order valence-corrected chi connectivity index (χ4v) is 4.68. The number of hydrogen-bond donors (Lipinski definition) is 1. The summed E-state index contributed by atoms with van der Waals surface area (Å²) < 4.78 is 33.7. The number of nitrogens with one attached hydrogen (secondary N) is 1. The molecule has 26 heavy (non-hydrogen) atoms. The smallest absolute Gasteiger partial charge is 0.269 e. The highest BCUT2D eigenvalue weighted by molar-refractivity contribution is 7.89. The van der Waals surface area contributed by atoms with Crippen LogP contribution in [-0.2, 0) is 15.6 Å². The minimum absolute atomic E-state index is 0.0352. The molecule has 0 aliphatic heterocycles. The Morgan fingerprint density at radius 3 is 2.27 bits per heavy atom. The number of aryl methyl sites for hydroxylation is 1. The molecule has 0 spiro atoms. The molecule has 9 nitrogen and oxygen atoms in total. The van der Waals surface area contributed by atoms with Crippen molar-refractivity contribution in [2.75, 3.05) is 0 Å². The molecule has 1 aliphatic rings. The highest BCUT2D eigenvalue weighted by Crippen LogP contribution is 2.36. The van der Waals surface area contributed by atoms with Crippen LogP contribution in [-0.4, -0.2) is 23.5 Å². The second-order valence-electron chi connectivity index (χ2n) is 6.49. The van der Waals surface area contributed by atoms with E-state index >= 15 is 0 Å². The molecule has 0 atom stereocenters. The largest absolute Gasteiger partial charge is 0.340 e. The maximum absolute atomic E-state index is 12.9. The number of nitrogens with zero attached hydrogens (tertiary/aromatic N) is 3. The van der Waals surface area contributed by atoms with Crippen molar-refractivity contribution >= 4 is 15.7 Å². The van der Waals surface area contributed by atoms with E-state index < -0.39 is 20.5 Å². The fourth-order valence-electron chi connectivity index (χ4n) is 3.26. The van der Waals surface area contributed by atoms with Crippen molar-refractivity contribution in [1.29, 1.82) is 0 Å². The van der Waals surface area contributed by atoms with Gasteiger partial charge in [-0.3, -0.25) is 10.1 Å². The Kier molecular flexibility index (Phi) is 5.05. The van der Waals surface area contributed by atoms with Gasteiger partial charge < -0.3 is 4.52 Å². The SMILES string of the molecule is Cc1nc(C2(NS(=O)(=O)c3ccc([N+](=O)[O-])cc3)CCCCCC2)no1. The Balaban J connectivity index is 1.96. The summed E-state index contributed by atoms with van der Waals surface area (Å²) in [6.07, 6.45) is 4.85. The van der Waals surface area contributed by atoms with Crippen molar-refractivity contribution in [3.05, 3.63) is 46.1 Å². The van der Waals surface area contributed by atoms with Gasteiger partial charge in [0.1, 0.15) is 0 Å². The van der Waals surface area contributed by atoms with Gasteiger partial charge in [0.05, 0.1) is 15.4 Å². The summed E-state index contributed by atoms with van der Waals surface area (Å²) >= 11 is 0. The summed E-state index contributed by atoms with van der Waals surface area (Å²) in [5.74, 6) is 0.709. The van der Waals surface area contributed by atoms with Crippen molar-refractivity contribution in [3.8, 4) is 0 Å². The lowest BCUT2D eigenvalue weighted by Gasteiger charge is -2.30. The molecule has 2 aromatic rings. The lowest BCUT2D eigenvalue weighted by atomic mass is 9.91. The third kappa shape index (κ3) is 3.75. The molecule has 0 bridgehead atoms. The van der Waals surface area contributed by atoms with Crippen LogP contribution < -0.4 is 4.72 Å². The third-order valence-electron chi connectivity index (χ3n) is 4.60. The number of non-ortho nitro benzene ring substituents is 1. The Bertz CT molecular complexity index is 884. The van der Waals surface area contributed by atoms with Crippen molar-refractivity contribution in [2.24, 2.45) is 0 Å². The van der Waals surface area contributed by atoms with Gasteiger partial charge in [0, 0.05) is 19.1 Å². The topological polar surface area (TPSA) is 128 Å². The number of rotatable bonds is 5. The van der Waals surface area contributed by atoms with Crippen LogP contribution in [0, 0.1) is 17.0 Å². The maximum Gasteiger partial charge on any atom is 0.269 e. The lowest BCUT2D eigenvalue weighted by Crippen LogP contribution is -2.46. The van der Waals surface area contributed by atoms with Crippen molar-refractivity contribution in [3.63, 3.8) is 0 Å². The second kappa shape index (κ2) is 7.12. The monoisotopic (exact) mass is 380 g/mol. The Morgan fingerprint density at radius 1 is 1.15 bits per heavy atom. The van der Waals surface area contributed by atoms with Gasteiger partial charge in [0.15, 0.2) is 5.82 Å². The molecule has 3 rings (SSSR count). The lowest BCUT2D eigenvalue weighted by molar-refractivity contribution is -0.384. The predicted molar refractivity (Wildman–Crippen MR) is 91.8 cm³/mol. The van der Waals surface area contributed by atoms with Gasteiger partial charge in [0.25, 0.3) is 5.69 Å². The van der Waals surface area contributed by atoms with Gasteiger partial charge >= 0.3 is 0 Å². The van der Waals surface area contributed by atoms with Crippen LogP contribution in [0.3, 0.4) is 0 Å². The highest BCUT2D eigenvalue weighted by atomic mass is 32.2. The molecular formula is C16H20N4O5S. The van der Waals surface area contributed by atoms with E-state index in [1.54, 1.807) is 6.92 Å². The van der Waals surface area contributed by atoms with E-state index in [4.69, 9.17) is 4.52 Å². The minimum atomic E-state index is -3.91. The molecule has 1 saturated carbocycles.